The zero-order valence-electron chi connectivity index (χ0n) is 15.6. The van der Waals surface area contributed by atoms with Crippen LogP contribution < -0.4 is 10.1 Å². The second-order valence-corrected chi connectivity index (χ2v) is 6.35. The maximum Gasteiger partial charge on any atom is 0.274 e. The highest BCUT2D eigenvalue weighted by Gasteiger charge is 2.23. The molecule has 3 rings (SSSR count). The molecule has 0 aliphatic rings. The molecule has 0 aliphatic heterocycles. The number of amides is 1. The van der Waals surface area contributed by atoms with E-state index in [0.29, 0.717) is 17.1 Å². The van der Waals surface area contributed by atoms with Crippen LogP contribution in [0.5, 0.6) is 5.75 Å². The van der Waals surface area contributed by atoms with Gasteiger partial charge in [-0.3, -0.25) is 9.48 Å². The maximum absolute atomic E-state index is 13.3. The quantitative estimate of drug-likeness (QED) is 0.718. The number of nitrogens with one attached hydrogen (secondary N) is 1. The third-order valence-electron chi connectivity index (χ3n) is 4.24. The van der Waals surface area contributed by atoms with Crippen molar-refractivity contribution in [2.45, 2.75) is 33.4 Å². The first kappa shape index (κ1) is 18.6. The normalized spacial score (nSPS) is 12.0. The molecule has 1 unspecified atom stereocenters. The van der Waals surface area contributed by atoms with Crippen molar-refractivity contribution >= 4 is 5.91 Å². The van der Waals surface area contributed by atoms with E-state index >= 15 is 0 Å². The number of carbonyl (C=O) groups is 1. The average Bonchev–Trinajstić information content (AvgIpc) is 3.14. The van der Waals surface area contributed by atoms with Crippen molar-refractivity contribution in [2.75, 3.05) is 0 Å². The molecule has 0 spiro atoms. The van der Waals surface area contributed by atoms with Gasteiger partial charge in [-0.15, -0.1) is 0 Å². The number of hydrogen-bond donors (Lipinski definition) is 1. The highest BCUT2D eigenvalue weighted by Crippen LogP contribution is 2.20. The van der Waals surface area contributed by atoms with E-state index in [2.05, 4.69) is 15.6 Å². The Bertz CT molecular complexity index is 964. The molecule has 2 aromatic heterocycles. The second kappa shape index (κ2) is 7.61. The van der Waals surface area contributed by atoms with Gasteiger partial charge in [-0.25, -0.2) is 4.39 Å². The smallest absolute Gasteiger partial charge is 0.274 e. The van der Waals surface area contributed by atoms with Crippen LogP contribution in [-0.2, 0) is 13.7 Å². The van der Waals surface area contributed by atoms with Crippen molar-refractivity contribution in [3.63, 3.8) is 0 Å². The fourth-order valence-corrected chi connectivity index (χ4v) is 2.84. The third kappa shape index (κ3) is 4.16. The van der Waals surface area contributed by atoms with Gasteiger partial charge in [0.1, 0.15) is 23.9 Å². The summed E-state index contributed by atoms with van der Waals surface area (Å²) in [5.74, 6) is 0.0664. The van der Waals surface area contributed by atoms with Crippen LogP contribution in [0.3, 0.4) is 0 Å². The van der Waals surface area contributed by atoms with Crippen molar-refractivity contribution in [3.05, 3.63) is 64.6 Å². The first-order chi connectivity index (χ1) is 12.8. The molecule has 0 radical (unpaired) electrons. The van der Waals surface area contributed by atoms with Gasteiger partial charge < -0.3 is 14.6 Å². The Hall–Kier alpha value is -3.16. The molecule has 27 heavy (non-hydrogen) atoms. The number of nitrogens with zero attached hydrogens (tertiary/aromatic N) is 3. The summed E-state index contributed by atoms with van der Waals surface area (Å²) < 4.78 is 25.7. The second-order valence-electron chi connectivity index (χ2n) is 6.35. The lowest BCUT2D eigenvalue weighted by Crippen LogP contribution is -2.28. The Labute approximate surface area is 156 Å². The lowest BCUT2D eigenvalue weighted by atomic mass is 10.1. The van der Waals surface area contributed by atoms with E-state index in [4.69, 9.17) is 9.26 Å². The van der Waals surface area contributed by atoms with Gasteiger partial charge in [-0.2, -0.15) is 5.10 Å². The van der Waals surface area contributed by atoms with Crippen molar-refractivity contribution in [1.82, 2.24) is 20.3 Å². The third-order valence-corrected chi connectivity index (χ3v) is 4.24. The number of carbonyl (C=O) groups excluding carboxylic acids is 1. The monoisotopic (exact) mass is 372 g/mol. The molecule has 1 amide bonds. The number of halogens is 1. The molecular formula is C19H21FN4O3. The summed E-state index contributed by atoms with van der Waals surface area (Å²) in [6.07, 6.45) is 1.86. The molecule has 142 valence electrons. The summed E-state index contributed by atoms with van der Waals surface area (Å²) in [5, 5.41) is 11.0. The fourth-order valence-electron chi connectivity index (χ4n) is 2.84. The van der Waals surface area contributed by atoms with Gasteiger partial charge in [-0.1, -0.05) is 11.2 Å². The van der Waals surface area contributed by atoms with Gasteiger partial charge in [-0.05, 0) is 32.9 Å². The largest absolute Gasteiger partial charge is 0.489 e. The molecular weight excluding hydrogens is 351 g/mol. The lowest BCUT2D eigenvalue weighted by molar-refractivity contribution is 0.0928. The molecule has 1 atom stereocenters. The first-order valence-electron chi connectivity index (χ1n) is 8.49. The summed E-state index contributed by atoms with van der Waals surface area (Å²) in [4.78, 5) is 12.7. The SMILES string of the molecule is Cc1nn(C)cc1C(C)NC(=O)c1noc(C)c1COc1cccc(F)c1. The minimum absolute atomic E-state index is 0.0435. The minimum Gasteiger partial charge on any atom is -0.489 e. The van der Waals surface area contributed by atoms with Crippen molar-refractivity contribution in [3.8, 4) is 5.75 Å². The van der Waals surface area contributed by atoms with Crippen LogP contribution in [-0.4, -0.2) is 20.8 Å². The average molecular weight is 372 g/mol. The van der Waals surface area contributed by atoms with E-state index in [-0.39, 0.29) is 24.2 Å². The molecule has 2 heterocycles. The number of aromatic nitrogens is 3. The molecule has 0 bridgehead atoms. The highest BCUT2D eigenvalue weighted by molar-refractivity contribution is 5.94. The molecule has 8 heteroatoms. The van der Waals surface area contributed by atoms with Gasteiger partial charge >= 0.3 is 0 Å². The Kier molecular flexibility index (Phi) is 5.25. The van der Waals surface area contributed by atoms with Crippen LogP contribution in [0, 0.1) is 19.7 Å². The number of aryl methyl sites for hydroxylation is 3. The standard InChI is InChI=1S/C19H21FN4O3/c1-11(16-9-24(4)22-12(16)2)21-19(25)18-17(13(3)27-23-18)10-26-15-7-5-6-14(20)8-15/h5-9,11H,10H2,1-4H3,(H,21,25). The summed E-state index contributed by atoms with van der Waals surface area (Å²) in [6, 6.07) is 5.55. The van der Waals surface area contributed by atoms with Crippen molar-refractivity contribution < 1.29 is 18.4 Å². The molecule has 3 aromatic rings. The van der Waals surface area contributed by atoms with E-state index in [1.54, 1.807) is 23.7 Å². The number of ether oxygens (including phenoxy) is 1. The summed E-state index contributed by atoms with van der Waals surface area (Å²) in [7, 11) is 1.83. The zero-order chi connectivity index (χ0) is 19.6. The Morgan fingerprint density at radius 1 is 1.41 bits per heavy atom. The molecule has 1 aromatic carbocycles. The maximum atomic E-state index is 13.3. The zero-order valence-corrected chi connectivity index (χ0v) is 15.6. The predicted octanol–water partition coefficient (Wildman–Crippen LogP) is 3.23. The molecule has 0 saturated carbocycles. The molecule has 0 saturated heterocycles. The van der Waals surface area contributed by atoms with Gasteiger partial charge in [0.15, 0.2) is 5.69 Å². The van der Waals surface area contributed by atoms with Crippen LogP contribution >= 0.6 is 0 Å². The van der Waals surface area contributed by atoms with Crippen LogP contribution in [0.25, 0.3) is 0 Å². The Morgan fingerprint density at radius 2 is 2.19 bits per heavy atom. The van der Waals surface area contributed by atoms with E-state index < -0.39 is 5.82 Å². The number of rotatable bonds is 6. The summed E-state index contributed by atoms with van der Waals surface area (Å²) in [5.41, 5.74) is 2.43. The number of benzene rings is 1. The van der Waals surface area contributed by atoms with Crippen LogP contribution in [0.4, 0.5) is 4.39 Å². The van der Waals surface area contributed by atoms with Gasteiger partial charge in [0.05, 0.1) is 17.3 Å². The van der Waals surface area contributed by atoms with Gasteiger partial charge in [0, 0.05) is 24.9 Å². The van der Waals surface area contributed by atoms with Gasteiger partial charge in [0.2, 0.25) is 0 Å². The number of hydrogen-bond acceptors (Lipinski definition) is 5. The summed E-state index contributed by atoms with van der Waals surface area (Å²) in [6.45, 7) is 5.50. The molecule has 0 fully saturated rings. The Morgan fingerprint density at radius 3 is 2.85 bits per heavy atom. The van der Waals surface area contributed by atoms with Crippen LogP contribution in [0.1, 0.15) is 46.0 Å². The van der Waals surface area contributed by atoms with Gasteiger partial charge in [0.25, 0.3) is 5.91 Å². The summed E-state index contributed by atoms with van der Waals surface area (Å²) >= 11 is 0. The van der Waals surface area contributed by atoms with Crippen molar-refractivity contribution in [2.24, 2.45) is 7.05 Å². The van der Waals surface area contributed by atoms with Crippen LogP contribution in [0.15, 0.2) is 35.0 Å². The van der Waals surface area contributed by atoms with E-state index in [0.717, 1.165) is 11.3 Å². The minimum atomic E-state index is -0.395. The Balaban J connectivity index is 1.73. The fraction of sp³-hybridized carbons (Fsp3) is 0.316. The molecule has 7 nitrogen and oxygen atoms in total. The topological polar surface area (TPSA) is 82.2 Å². The molecule has 0 aliphatic carbocycles. The van der Waals surface area contributed by atoms with Crippen molar-refractivity contribution in [1.29, 1.82) is 0 Å². The van der Waals surface area contributed by atoms with Crippen LogP contribution in [0.2, 0.25) is 0 Å². The predicted molar refractivity (Wildman–Crippen MR) is 95.8 cm³/mol. The van der Waals surface area contributed by atoms with E-state index in [9.17, 15) is 9.18 Å². The lowest BCUT2D eigenvalue weighted by Gasteiger charge is -2.13. The molecule has 1 N–H and O–H groups in total. The highest BCUT2D eigenvalue weighted by atomic mass is 19.1. The van der Waals surface area contributed by atoms with E-state index in [1.165, 1.54) is 12.1 Å². The first-order valence-corrected chi connectivity index (χ1v) is 8.49. The van der Waals surface area contributed by atoms with E-state index in [1.807, 2.05) is 27.1 Å².